The molecule has 3 rings (SSSR count). The van der Waals surface area contributed by atoms with Gasteiger partial charge in [0.15, 0.2) is 0 Å². The summed E-state index contributed by atoms with van der Waals surface area (Å²) in [6.45, 7) is 6.73. The summed E-state index contributed by atoms with van der Waals surface area (Å²) >= 11 is 1.53. The van der Waals surface area contributed by atoms with Crippen LogP contribution in [-0.2, 0) is 0 Å². The Labute approximate surface area is 147 Å². The molecule has 0 radical (unpaired) electrons. The number of rotatable bonds is 5. The molecule has 0 spiro atoms. The molecule has 0 bridgehead atoms. The van der Waals surface area contributed by atoms with Crippen LogP contribution >= 0.6 is 11.3 Å². The van der Waals surface area contributed by atoms with Gasteiger partial charge in [-0.05, 0) is 43.7 Å². The second-order valence-electron chi connectivity index (χ2n) is 6.19. The number of anilines is 1. The maximum absolute atomic E-state index is 12.8. The molecule has 24 heavy (non-hydrogen) atoms. The van der Waals surface area contributed by atoms with E-state index >= 15 is 0 Å². The van der Waals surface area contributed by atoms with Crippen LogP contribution in [0.5, 0.6) is 0 Å². The van der Waals surface area contributed by atoms with E-state index in [2.05, 4.69) is 26.7 Å². The lowest BCUT2D eigenvalue weighted by Gasteiger charge is -2.38. The highest BCUT2D eigenvalue weighted by Gasteiger charge is 2.29. The molecule has 1 fully saturated rings. The van der Waals surface area contributed by atoms with Crippen LogP contribution in [-0.4, -0.2) is 46.5 Å². The number of nitrogens with zero attached hydrogens (tertiary/aromatic N) is 4. The summed E-state index contributed by atoms with van der Waals surface area (Å²) in [4.78, 5) is 26.8. The second-order valence-corrected chi connectivity index (χ2v) is 7.14. The standard InChI is InChI=1S/C18H24N4OS/c1-3-10-22(17(23)16-5-4-13-24-16)15-7-11-21(12-8-15)18-19-9-6-14(2)20-18/h4-6,9,13,15H,3,7-8,10-12H2,1-2H3. The van der Waals surface area contributed by atoms with E-state index < -0.39 is 0 Å². The zero-order valence-electron chi connectivity index (χ0n) is 14.3. The molecule has 0 N–H and O–H groups in total. The van der Waals surface area contributed by atoms with Crippen molar-refractivity contribution < 1.29 is 4.79 Å². The van der Waals surface area contributed by atoms with Gasteiger partial charge in [0.05, 0.1) is 4.88 Å². The van der Waals surface area contributed by atoms with Gasteiger partial charge in [0.1, 0.15) is 0 Å². The highest BCUT2D eigenvalue weighted by atomic mass is 32.1. The Morgan fingerprint density at radius 3 is 2.79 bits per heavy atom. The van der Waals surface area contributed by atoms with E-state index in [0.29, 0.717) is 6.04 Å². The first-order chi connectivity index (χ1) is 11.7. The first kappa shape index (κ1) is 16.9. The van der Waals surface area contributed by atoms with Gasteiger partial charge < -0.3 is 9.80 Å². The molecule has 0 saturated carbocycles. The van der Waals surface area contributed by atoms with Crippen LogP contribution in [0.2, 0.25) is 0 Å². The summed E-state index contributed by atoms with van der Waals surface area (Å²) in [6.07, 6.45) is 4.73. The van der Waals surface area contributed by atoms with Crippen molar-refractivity contribution in [2.45, 2.75) is 39.2 Å². The highest BCUT2D eigenvalue weighted by Crippen LogP contribution is 2.23. The summed E-state index contributed by atoms with van der Waals surface area (Å²) in [5, 5.41) is 1.97. The van der Waals surface area contributed by atoms with Crippen molar-refractivity contribution in [3.63, 3.8) is 0 Å². The average Bonchev–Trinajstić information content (AvgIpc) is 3.14. The molecule has 5 nitrogen and oxygen atoms in total. The number of thiophene rings is 1. The molecule has 0 aliphatic carbocycles. The van der Waals surface area contributed by atoms with Gasteiger partial charge in [-0.15, -0.1) is 11.3 Å². The van der Waals surface area contributed by atoms with Crippen molar-refractivity contribution in [1.82, 2.24) is 14.9 Å². The molecular weight excluding hydrogens is 320 g/mol. The summed E-state index contributed by atoms with van der Waals surface area (Å²) in [7, 11) is 0. The van der Waals surface area contributed by atoms with E-state index in [1.54, 1.807) is 0 Å². The molecule has 6 heteroatoms. The number of amides is 1. The van der Waals surface area contributed by atoms with E-state index in [1.807, 2.05) is 36.7 Å². The van der Waals surface area contributed by atoms with Gasteiger partial charge in [-0.25, -0.2) is 9.97 Å². The summed E-state index contributed by atoms with van der Waals surface area (Å²) in [5.41, 5.74) is 0.989. The fraction of sp³-hybridized carbons (Fsp3) is 0.500. The molecule has 3 heterocycles. The smallest absolute Gasteiger partial charge is 0.264 e. The number of piperidine rings is 1. The predicted molar refractivity (Wildman–Crippen MR) is 97.7 cm³/mol. The lowest BCUT2D eigenvalue weighted by atomic mass is 10.0. The van der Waals surface area contributed by atoms with Crippen LogP contribution < -0.4 is 4.90 Å². The van der Waals surface area contributed by atoms with E-state index in [1.165, 1.54) is 11.3 Å². The highest BCUT2D eigenvalue weighted by molar-refractivity contribution is 7.12. The van der Waals surface area contributed by atoms with Crippen LogP contribution in [0.3, 0.4) is 0 Å². The zero-order valence-corrected chi connectivity index (χ0v) is 15.1. The summed E-state index contributed by atoms with van der Waals surface area (Å²) in [6, 6.07) is 6.09. The molecule has 0 aromatic carbocycles. The number of aromatic nitrogens is 2. The van der Waals surface area contributed by atoms with Gasteiger partial charge in [0.25, 0.3) is 5.91 Å². The van der Waals surface area contributed by atoms with E-state index in [4.69, 9.17) is 0 Å². The van der Waals surface area contributed by atoms with E-state index in [0.717, 1.165) is 55.4 Å². The Morgan fingerprint density at radius 2 is 2.17 bits per heavy atom. The first-order valence-corrected chi connectivity index (χ1v) is 9.46. The molecular formula is C18H24N4OS. The van der Waals surface area contributed by atoms with Crippen LogP contribution in [0.25, 0.3) is 0 Å². The van der Waals surface area contributed by atoms with Crippen LogP contribution in [0, 0.1) is 6.92 Å². The van der Waals surface area contributed by atoms with E-state index in [9.17, 15) is 4.79 Å². The summed E-state index contributed by atoms with van der Waals surface area (Å²) < 4.78 is 0. The van der Waals surface area contributed by atoms with Crippen molar-refractivity contribution in [3.8, 4) is 0 Å². The Bertz CT molecular complexity index is 665. The lowest BCUT2D eigenvalue weighted by Crippen LogP contribution is -2.48. The Balaban J connectivity index is 1.66. The lowest BCUT2D eigenvalue weighted by molar-refractivity contribution is 0.0654. The Hall–Kier alpha value is -1.95. The molecule has 2 aromatic rings. The molecule has 2 aromatic heterocycles. The van der Waals surface area contributed by atoms with Gasteiger partial charge >= 0.3 is 0 Å². The molecule has 1 saturated heterocycles. The third-order valence-electron chi connectivity index (χ3n) is 4.43. The van der Waals surface area contributed by atoms with Gasteiger partial charge in [-0.3, -0.25) is 4.79 Å². The predicted octanol–water partition coefficient (Wildman–Crippen LogP) is 3.37. The summed E-state index contributed by atoms with van der Waals surface area (Å²) in [5.74, 6) is 0.984. The Morgan fingerprint density at radius 1 is 1.38 bits per heavy atom. The third kappa shape index (κ3) is 3.75. The van der Waals surface area contributed by atoms with Crippen molar-refractivity contribution in [1.29, 1.82) is 0 Å². The number of carbonyl (C=O) groups excluding carboxylic acids is 1. The average molecular weight is 344 g/mol. The van der Waals surface area contributed by atoms with Crippen molar-refractivity contribution in [2.75, 3.05) is 24.5 Å². The molecule has 1 aliphatic heterocycles. The minimum absolute atomic E-state index is 0.178. The van der Waals surface area contributed by atoms with Crippen molar-refractivity contribution in [3.05, 3.63) is 40.3 Å². The zero-order chi connectivity index (χ0) is 16.9. The fourth-order valence-electron chi connectivity index (χ4n) is 3.20. The Kier molecular flexibility index (Phi) is 5.45. The molecule has 128 valence electrons. The molecule has 0 atom stereocenters. The minimum Gasteiger partial charge on any atom is -0.341 e. The number of hydrogen-bond donors (Lipinski definition) is 0. The van der Waals surface area contributed by atoms with E-state index in [-0.39, 0.29) is 5.91 Å². The first-order valence-electron chi connectivity index (χ1n) is 8.58. The quantitative estimate of drug-likeness (QED) is 0.834. The van der Waals surface area contributed by atoms with Gasteiger partial charge in [0, 0.05) is 37.6 Å². The molecule has 1 aliphatic rings. The normalized spacial score (nSPS) is 15.5. The maximum Gasteiger partial charge on any atom is 0.264 e. The molecule has 1 amide bonds. The topological polar surface area (TPSA) is 49.3 Å². The fourth-order valence-corrected chi connectivity index (χ4v) is 3.88. The van der Waals surface area contributed by atoms with Crippen molar-refractivity contribution >= 4 is 23.2 Å². The number of aryl methyl sites for hydroxylation is 1. The minimum atomic E-state index is 0.178. The van der Waals surface area contributed by atoms with Gasteiger partial charge in [-0.2, -0.15) is 0 Å². The van der Waals surface area contributed by atoms with Gasteiger partial charge in [0.2, 0.25) is 5.95 Å². The van der Waals surface area contributed by atoms with Crippen LogP contribution in [0.15, 0.2) is 29.8 Å². The third-order valence-corrected chi connectivity index (χ3v) is 5.29. The largest absolute Gasteiger partial charge is 0.341 e. The van der Waals surface area contributed by atoms with Gasteiger partial charge in [-0.1, -0.05) is 13.0 Å². The van der Waals surface area contributed by atoms with Crippen molar-refractivity contribution in [2.24, 2.45) is 0 Å². The number of hydrogen-bond acceptors (Lipinski definition) is 5. The monoisotopic (exact) mass is 344 g/mol. The van der Waals surface area contributed by atoms with Crippen LogP contribution in [0.1, 0.15) is 41.6 Å². The second kappa shape index (κ2) is 7.75. The number of carbonyl (C=O) groups is 1. The SMILES string of the molecule is CCCN(C(=O)c1cccs1)C1CCN(c2nccc(C)n2)CC1. The molecule has 0 unspecified atom stereocenters. The maximum atomic E-state index is 12.8. The van der Waals surface area contributed by atoms with Crippen LogP contribution in [0.4, 0.5) is 5.95 Å².